The molecule has 0 radical (unpaired) electrons. The summed E-state index contributed by atoms with van der Waals surface area (Å²) in [6, 6.07) is -0.505. The van der Waals surface area contributed by atoms with Crippen LogP contribution in [-0.4, -0.2) is 35.0 Å². The average Bonchev–Trinajstić information content (AvgIpc) is 2.34. The van der Waals surface area contributed by atoms with Gasteiger partial charge in [-0.3, -0.25) is 9.59 Å². The normalized spacial score (nSPS) is 18.7. The molecule has 15 heavy (non-hydrogen) atoms. The third-order valence-corrected chi connectivity index (χ3v) is 2.04. The molecule has 1 saturated heterocycles. The van der Waals surface area contributed by atoms with Crippen molar-refractivity contribution in [2.75, 3.05) is 6.67 Å². The molecular weight excluding hydrogens is 198 g/mol. The Bertz CT molecular complexity index is 335. The molecule has 0 spiro atoms. The number of imide groups is 1. The monoisotopic (exact) mass is 211 g/mol. The van der Waals surface area contributed by atoms with Crippen LogP contribution in [-0.2, 0) is 9.59 Å². The van der Waals surface area contributed by atoms with Gasteiger partial charge in [-0.05, 0) is 19.9 Å². The van der Waals surface area contributed by atoms with Crippen molar-refractivity contribution in [1.29, 1.82) is 0 Å². The Morgan fingerprint density at radius 2 is 2.20 bits per heavy atom. The number of carbonyl (C=O) groups excluding carboxylic acids is 3. The lowest BCUT2D eigenvalue weighted by Crippen LogP contribution is -2.43. The minimum absolute atomic E-state index is 0.140. The first-order valence-electron chi connectivity index (χ1n) is 4.43. The van der Waals surface area contributed by atoms with Crippen LogP contribution in [0.1, 0.15) is 13.8 Å². The van der Waals surface area contributed by atoms with Crippen molar-refractivity contribution >= 4 is 17.8 Å². The predicted molar refractivity (Wildman–Crippen MR) is 52.7 cm³/mol. The molecule has 1 fully saturated rings. The molecule has 1 aliphatic rings. The van der Waals surface area contributed by atoms with E-state index < -0.39 is 17.5 Å². The van der Waals surface area contributed by atoms with E-state index in [1.165, 1.54) is 0 Å². The number of amides is 4. The van der Waals surface area contributed by atoms with Gasteiger partial charge in [-0.2, -0.15) is 0 Å². The molecule has 6 heteroatoms. The Labute approximate surface area is 87.3 Å². The smallest absolute Gasteiger partial charge is 0.326 e. The molecule has 1 rings (SSSR count). The van der Waals surface area contributed by atoms with E-state index in [0.717, 1.165) is 11.0 Å². The number of urea groups is 1. The summed E-state index contributed by atoms with van der Waals surface area (Å²) in [6.45, 7) is 6.32. The summed E-state index contributed by atoms with van der Waals surface area (Å²) in [5.74, 6) is -0.794. The standard InChI is InChI=1S/C9H13N3O3/c1-4-6(13)10-5-12-7(14)9(2,3)11-8(12)15/h4H,1,5H2,2-3H3,(H,10,13)(H,11,15). The van der Waals surface area contributed by atoms with Gasteiger partial charge in [-0.25, -0.2) is 9.69 Å². The molecule has 0 aromatic rings. The van der Waals surface area contributed by atoms with Crippen LogP contribution in [0.2, 0.25) is 0 Å². The van der Waals surface area contributed by atoms with Crippen molar-refractivity contribution in [3.8, 4) is 0 Å². The van der Waals surface area contributed by atoms with Crippen LogP contribution < -0.4 is 10.6 Å². The Morgan fingerprint density at radius 1 is 1.60 bits per heavy atom. The van der Waals surface area contributed by atoms with E-state index in [-0.39, 0.29) is 12.6 Å². The van der Waals surface area contributed by atoms with E-state index in [9.17, 15) is 14.4 Å². The summed E-state index contributed by atoms with van der Waals surface area (Å²) in [6.07, 6.45) is 1.07. The van der Waals surface area contributed by atoms with Crippen LogP contribution in [0.5, 0.6) is 0 Å². The van der Waals surface area contributed by atoms with Gasteiger partial charge in [0.2, 0.25) is 5.91 Å². The fraction of sp³-hybridized carbons (Fsp3) is 0.444. The van der Waals surface area contributed by atoms with Gasteiger partial charge in [-0.1, -0.05) is 6.58 Å². The van der Waals surface area contributed by atoms with Crippen molar-refractivity contribution in [2.45, 2.75) is 19.4 Å². The number of nitrogens with zero attached hydrogens (tertiary/aromatic N) is 1. The molecule has 0 atom stereocenters. The van der Waals surface area contributed by atoms with Crippen LogP contribution in [0.25, 0.3) is 0 Å². The molecule has 2 N–H and O–H groups in total. The Kier molecular flexibility index (Phi) is 2.78. The number of hydrogen-bond acceptors (Lipinski definition) is 3. The van der Waals surface area contributed by atoms with Gasteiger partial charge in [0.1, 0.15) is 12.2 Å². The largest absolute Gasteiger partial charge is 0.334 e. The average molecular weight is 211 g/mol. The highest BCUT2D eigenvalue weighted by molar-refractivity contribution is 6.06. The zero-order valence-electron chi connectivity index (χ0n) is 8.66. The van der Waals surface area contributed by atoms with Crippen LogP contribution in [0.15, 0.2) is 12.7 Å². The summed E-state index contributed by atoms with van der Waals surface area (Å²) < 4.78 is 0. The Morgan fingerprint density at radius 3 is 2.60 bits per heavy atom. The highest BCUT2D eigenvalue weighted by atomic mass is 16.2. The molecular formula is C9H13N3O3. The molecule has 0 aromatic heterocycles. The van der Waals surface area contributed by atoms with E-state index in [2.05, 4.69) is 17.2 Å². The molecule has 0 aliphatic carbocycles. The van der Waals surface area contributed by atoms with Gasteiger partial charge >= 0.3 is 6.03 Å². The molecule has 1 heterocycles. The maximum atomic E-state index is 11.6. The van der Waals surface area contributed by atoms with Gasteiger partial charge in [-0.15, -0.1) is 0 Å². The summed E-state index contributed by atoms with van der Waals surface area (Å²) in [4.78, 5) is 34.7. The lowest BCUT2D eigenvalue weighted by Gasteiger charge is -2.15. The van der Waals surface area contributed by atoms with Gasteiger partial charge in [0.15, 0.2) is 0 Å². The van der Waals surface area contributed by atoms with Crippen molar-refractivity contribution < 1.29 is 14.4 Å². The van der Waals surface area contributed by atoms with E-state index >= 15 is 0 Å². The lowest BCUT2D eigenvalue weighted by atomic mass is 10.1. The van der Waals surface area contributed by atoms with Crippen molar-refractivity contribution in [2.24, 2.45) is 0 Å². The van der Waals surface area contributed by atoms with E-state index in [1.807, 2.05) is 0 Å². The zero-order chi connectivity index (χ0) is 11.6. The SMILES string of the molecule is C=CC(=O)NCN1C(=O)NC(C)(C)C1=O. The maximum Gasteiger partial charge on any atom is 0.326 e. The number of hydrogen-bond donors (Lipinski definition) is 2. The molecule has 0 bridgehead atoms. The van der Waals surface area contributed by atoms with E-state index in [1.54, 1.807) is 13.8 Å². The van der Waals surface area contributed by atoms with Crippen molar-refractivity contribution in [3.05, 3.63) is 12.7 Å². The van der Waals surface area contributed by atoms with Gasteiger partial charge in [0.05, 0.1) is 0 Å². The third kappa shape index (κ3) is 2.15. The summed E-state index contributed by atoms with van der Waals surface area (Å²) in [5.41, 5.74) is -0.907. The first kappa shape index (κ1) is 11.2. The highest BCUT2D eigenvalue weighted by Gasteiger charge is 2.44. The third-order valence-electron chi connectivity index (χ3n) is 2.04. The second-order valence-corrected chi connectivity index (χ2v) is 3.69. The Balaban J connectivity index is 2.64. The van der Waals surface area contributed by atoms with Crippen LogP contribution in [0.3, 0.4) is 0 Å². The molecule has 1 aliphatic heterocycles. The minimum atomic E-state index is -0.907. The predicted octanol–water partition coefficient (Wildman–Crippen LogP) is -0.424. The fourth-order valence-electron chi connectivity index (χ4n) is 1.19. The number of rotatable bonds is 3. The van der Waals surface area contributed by atoms with Gasteiger partial charge in [0.25, 0.3) is 5.91 Å². The lowest BCUT2D eigenvalue weighted by molar-refractivity contribution is -0.130. The molecule has 4 amide bonds. The van der Waals surface area contributed by atoms with Crippen molar-refractivity contribution in [3.63, 3.8) is 0 Å². The first-order valence-corrected chi connectivity index (χ1v) is 4.43. The maximum absolute atomic E-state index is 11.6. The molecule has 6 nitrogen and oxygen atoms in total. The number of nitrogens with one attached hydrogen (secondary N) is 2. The summed E-state index contributed by atoms with van der Waals surface area (Å²) in [7, 11) is 0. The van der Waals surface area contributed by atoms with Gasteiger partial charge < -0.3 is 10.6 Å². The highest BCUT2D eigenvalue weighted by Crippen LogP contribution is 2.15. The summed E-state index contributed by atoms with van der Waals surface area (Å²) >= 11 is 0. The quantitative estimate of drug-likeness (QED) is 0.491. The van der Waals surface area contributed by atoms with E-state index in [4.69, 9.17) is 0 Å². The summed E-state index contributed by atoms with van der Waals surface area (Å²) in [5, 5.41) is 4.86. The first-order chi connectivity index (χ1) is 6.88. The number of carbonyl (C=O) groups is 3. The Hall–Kier alpha value is -1.85. The minimum Gasteiger partial charge on any atom is -0.334 e. The van der Waals surface area contributed by atoms with Crippen LogP contribution >= 0.6 is 0 Å². The molecule has 0 unspecified atom stereocenters. The molecule has 0 aromatic carbocycles. The second-order valence-electron chi connectivity index (χ2n) is 3.69. The van der Waals surface area contributed by atoms with Crippen molar-refractivity contribution in [1.82, 2.24) is 15.5 Å². The van der Waals surface area contributed by atoms with Crippen LogP contribution in [0.4, 0.5) is 4.79 Å². The molecule has 82 valence electrons. The second kappa shape index (κ2) is 3.72. The topological polar surface area (TPSA) is 78.5 Å². The van der Waals surface area contributed by atoms with E-state index in [0.29, 0.717) is 0 Å². The van der Waals surface area contributed by atoms with Crippen LogP contribution in [0, 0.1) is 0 Å². The van der Waals surface area contributed by atoms with Gasteiger partial charge in [0, 0.05) is 0 Å². The fourth-order valence-corrected chi connectivity index (χ4v) is 1.19. The molecule has 0 saturated carbocycles. The zero-order valence-corrected chi connectivity index (χ0v) is 8.66.